The minimum absolute atomic E-state index is 0.605. The predicted molar refractivity (Wildman–Crippen MR) is 66.2 cm³/mol. The van der Waals surface area contributed by atoms with E-state index < -0.39 is 0 Å². The highest BCUT2D eigenvalue weighted by Crippen LogP contribution is 2.02. The second-order valence-electron chi connectivity index (χ2n) is 3.92. The third kappa shape index (κ3) is 6.60. The largest absolute Gasteiger partial charge is 0.315 e. The van der Waals surface area contributed by atoms with Crippen LogP contribution in [0.25, 0.3) is 0 Å². The Morgan fingerprint density at radius 1 is 1.33 bits per heavy atom. The van der Waals surface area contributed by atoms with Gasteiger partial charge in [0.1, 0.15) is 5.01 Å². The monoisotopic (exact) mass is 227 g/mol. The first-order valence-electron chi connectivity index (χ1n) is 5.61. The molecular weight excluding hydrogens is 206 g/mol. The van der Waals surface area contributed by atoms with Crippen LogP contribution in [0.5, 0.6) is 0 Å². The third-order valence-electron chi connectivity index (χ3n) is 2.09. The van der Waals surface area contributed by atoms with Crippen LogP contribution in [-0.4, -0.2) is 24.1 Å². The van der Waals surface area contributed by atoms with Gasteiger partial charge < -0.3 is 10.6 Å². The molecule has 0 saturated carbocycles. The molecule has 0 fully saturated rings. The molecule has 0 atom stereocenters. The molecule has 2 N–H and O–H groups in total. The summed E-state index contributed by atoms with van der Waals surface area (Å²) in [7, 11) is 0. The van der Waals surface area contributed by atoms with Gasteiger partial charge in [0.15, 0.2) is 0 Å². The Morgan fingerprint density at radius 3 is 2.80 bits per heavy atom. The summed E-state index contributed by atoms with van der Waals surface area (Å²) >= 11 is 1.71. The van der Waals surface area contributed by atoms with Crippen molar-refractivity contribution < 1.29 is 0 Å². The summed E-state index contributed by atoms with van der Waals surface area (Å²) in [5, 5.41) is 10.0. The van der Waals surface area contributed by atoms with Crippen molar-refractivity contribution in [3.63, 3.8) is 0 Å². The Kier molecular flexibility index (Phi) is 6.55. The van der Waals surface area contributed by atoms with Gasteiger partial charge in [-0.2, -0.15) is 0 Å². The zero-order valence-corrected chi connectivity index (χ0v) is 10.4. The van der Waals surface area contributed by atoms with Crippen LogP contribution in [0, 0.1) is 0 Å². The van der Waals surface area contributed by atoms with E-state index in [4.69, 9.17) is 0 Å². The Labute approximate surface area is 96.3 Å². The first-order valence-corrected chi connectivity index (χ1v) is 6.49. The number of aromatic nitrogens is 1. The van der Waals surface area contributed by atoms with Gasteiger partial charge in [0, 0.05) is 24.2 Å². The fourth-order valence-corrected chi connectivity index (χ4v) is 1.89. The molecule has 0 aliphatic rings. The molecule has 0 bridgehead atoms. The highest BCUT2D eigenvalue weighted by Gasteiger charge is 1.95. The summed E-state index contributed by atoms with van der Waals surface area (Å²) in [6.07, 6.45) is 4.32. The molecule has 0 aliphatic carbocycles. The van der Waals surface area contributed by atoms with Crippen molar-refractivity contribution in [1.29, 1.82) is 0 Å². The average molecular weight is 227 g/mol. The van der Waals surface area contributed by atoms with Gasteiger partial charge in [-0.05, 0) is 25.9 Å². The number of thiazole rings is 1. The SMILES string of the molecule is CC(C)NCCCCNCc1nccs1. The number of hydrogen-bond acceptors (Lipinski definition) is 4. The number of nitrogens with zero attached hydrogens (tertiary/aromatic N) is 1. The van der Waals surface area contributed by atoms with E-state index in [1.54, 1.807) is 11.3 Å². The van der Waals surface area contributed by atoms with E-state index in [9.17, 15) is 0 Å². The molecule has 0 saturated heterocycles. The Morgan fingerprint density at radius 2 is 2.13 bits per heavy atom. The molecule has 0 spiro atoms. The summed E-state index contributed by atoms with van der Waals surface area (Å²) in [5.41, 5.74) is 0. The van der Waals surface area contributed by atoms with Crippen molar-refractivity contribution in [3.05, 3.63) is 16.6 Å². The lowest BCUT2D eigenvalue weighted by atomic mass is 10.3. The number of unbranched alkanes of at least 4 members (excludes halogenated alkanes) is 1. The highest BCUT2D eigenvalue weighted by molar-refractivity contribution is 7.09. The summed E-state index contributed by atoms with van der Waals surface area (Å²) in [5.74, 6) is 0. The van der Waals surface area contributed by atoms with Crippen LogP contribution >= 0.6 is 11.3 Å². The molecule has 4 heteroatoms. The number of rotatable bonds is 8. The van der Waals surface area contributed by atoms with Gasteiger partial charge in [0.05, 0.1) is 0 Å². The van der Waals surface area contributed by atoms with Crippen LogP contribution in [0.4, 0.5) is 0 Å². The minimum atomic E-state index is 0.605. The normalized spacial score (nSPS) is 11.1. The molecule has 1 heterocycles. The van der Waals surface area contributed by atoms with Crippen molar-refractivity contribution in [2.45, 2.75) is 39.3 Å². The quantitative estimate of drug-likeness (QED) is 0.667. The molecule has 15 heavy (non-hydrogen) atoms. The summed E-state index contributed by atoms with van der Waals surface area (Å²) in [4.78, 5) is 4.22. The molecule has 3 nitrogen and oxygen atoms in total. The molecule has 0 aromatic carbocycles. The topological polar surface area (TPSA) is 37.0 Å². The smallest absolute Gasteiger partial charge is 0.106 e. The van der Waals surface area contributed by atoms with Gasteiger partial charge in [-0.25, -0.2) is 4.98 Å². The zero-order valence-electron chi connectivity index (χ0n) is 9.62. The molecule has 0 aliphatic heterocycles. The molecule has 0 unspecified atom stereocenters. The van der Waals surface area contributed by atoms with E-state index >= 15 is 0 Å². The summed E-state index contributed by atoms with van der Waals surface area (Å²) in [6, 6.07) is 0.605. The van der Waals surface area contributed by atoms with Gasteiger partial charge in [-0.15, -0.1) is 11.3 Å². The van der Waals surface area contributed by atoms with E-state index in [1.807, 2.05) is 11.6 Å². The van der Waals surface area contributed by atoms with Gasteiger partial charge in [-0.1, -0.05) is 13.8 Å². The Balaban J connectivity index is 1.85. The van der Waals surface area contributed by atoms with Gasteiger partial charge >= 0.3 is 0 Å². The lowest BCUT2D eigenvalue weighted by Crippen LogP contribution is -2.24. The maximum Gasteiger partial charge on any atom is 0.106 e. The van der Waals surface area contributed by atoms with Crippen molar-refractivity contribution in [2.24, 2.45) is 0 Å². The summed E-state index contributed by atoms with van der Waals surface area (Å²) in [6.45, 7) is 7.48. The first kappa shape index (κ1) is 12.6. The van der Waals surface area contributed by atoms with E-state index in [0.29, 0.717) is 6.04 Å². The van der Waals surface area contributed by atoms with Gasteiger partial charge in [-0.3, -0.25) is 0 Å². The van der Waals surface area contributed by atoms with Crippen LogP contribution < -0.4 is 10.6 Å². The van der Waals surface area contributed by atoms with E-state index in [0.717, 1.165) is 19.6 Å². The van der Waals surface area contributed by atoms with Crippen LogP contribution in [-0.2, 0) is 6.54 Å². The average Bonchev–Trinajstić information content (AvgIpc) is 2.68. The molecule has 86 valence electrons. The van der Waals surface area contributed by atoms with E-state index in [2.05, 4.69) is 29.5 Å². The highest BCUT2D eigenvalue weighted by atomic mass is 32.1. The number of nitrogens with one attached hydrogen (secondary N) is 2. The standard InChI is InChI=1S/C11H21N3S/c1-10(2)13-6-4-3-5-12-9-11-14-7-8-15-11/h7-8,10,12-13H,3-6,9H2,1-2H3. The molecule has 0 amide bonds. The summed E-state index contributed by atoms with van der Waals surface area (Å²) < 4.78 is 0. The van der Waals surface area contributed by atoms with E-state index in [1.165, 1.54) is 17.8 Å². The molecule has 1 aromatic heterocycles. The molecule has 1 aromatic rings. The van der Waals surface area contributed by atoms with Gasteiger partial charge in [0.25, 0.3) is 0 Å². The zero-order chi connectivity index (χ0) is 10.9. The lowest BCUT2D eigenvalue weighted by Gasteiger charge is -2.07. The Hall–Kier alpha value is -0.450. The van der Waals surface area contributed by atoms with E-state index in [-0.39, 0.29) is 0 Å². The number of hydrogen-bond donors (Lipinski definition) is 2. The van der Waals surface area contributed by atoms with Crippen LogP contribution in [0.1, 0.15) is 31.7 Å². The second-order valence-corrected chi connectivity index (χ2v) is 4.90. The van der Waals surface area contributed by atoms with Crippen molar-refractivity contribution >= 4 is 11.3 Å². The van der Waals surface area contributed by atoms with Crippen LogP contribution in [0.2, 0.25) is 0 Å². The minimum Gasteiger partial charge on any atom is -0.315 e. The molecule has 1 rings (SSSR count). The predicted octanol–water partition coefficient (Wildman–Crippen LogP) is 2.01. The lowest BCUT2D eigenvalue weighted by molar-refractivity contribution is 0.541. The Bertz CT molecular complexity index is 234. The van der Waals surface area contributed by atoms with Crippen LogP contribution in [0.3, 0.4) is 0 Å². The maximum atomic E-state index is 4.22. The fourth-order valence-electron chi connectivity index (χ4n) is 1.30. The third-order valence-corrected chi connectivity index (χ3v) is 2.87. The van der Waals surface area contributed by atoms with Gasteiger partial charge in [0.2, 0.25) is 0 Å². The first-order chi connectivity index (χ1) is 7.29. The van der Waals surface area contributed by atoms with Crippen molar-refractivity contribution in [1.82, 2.24) is 15.6 Å². The molecular formula is C11H21N3S. The van der Waals surface area contributed by atoms with Crippen molar-refractivity contribution in [2.75, 3.05) is 13.1 Å². The fraction of sp³-hybridized carbons (Fsp3) is 0.727. The van der Waals surface area contributed by atoms with Crippen LogP contribution in [0.15, 0.2) is 11.6 Å². The second kappa shape index (κ2) is 7.79. The van der Waals surface area contributed by atoms with Crippen molar-refractivity contribution in [3.8, 4) is 0 Å². The maximum absolute atomic E-state index is 4.22. The molecule has 0 radical (unpaired) electrons.